The first-order valence-corrected chi connectivity index (χ1v) is 7.26. The van der Waals surface area contributed by atoms with E-state index in [0.29, 0.717) is 5.82 Å². The Hall–Kier alpha value is -1.65. The lowest BCUT2D eigenvalue weighted by atomic mass is 10.0. The summed E-state index contributed by atoms with van der Waals surface area (Å²) in [6, 6.07) is 1.36. The van der Waals surface area contributed by atoms with Crippen LogP contribution >= 0.6 is 0 Å². The summed E-state index contributed by atoms with van der Waals surface area (Å²) in [6.07, 6.45) is 6.17. The Kier molecular flexibility index (Phi) is 6.98. The highest BCUT2D eigenvalue weighted by Crippen LogP contribution is 2.14. The minimum absolute atomic E-state index is 0.139. The number of hydrogen-bond acceptors (Lipinski definition) is 3. The van der Waals surface area contributed by atoms with Gasteiger partial charge in [-0.3, -0.25) is 4.79 Å². The van der Waals surface area contributed by atoms with E-state index in [1.807, 2.05) is 0 Å². The highest BCUT2D eigenvalue weighted by molar-refractivity contribution is 5.98. The standard InChI is InChI=1S/C15H24FN3O/c1-4-6-8-12(7-5-2)19-15(20)13-9-11(16)10-18-14(13)17-3/h9-10,12H,4-8H2,1-3H3,(H,17,18)(H,19,20). The van der Waals surface area contributed by atoms with E-state index in [4.69, 9.17) is 0 Å². The zero-order chi connectivity index (χ0) is 15.0. The summed E-state index contributed by atoms with van der Waals surface area (Å²) >= 11 is 0. The van der Waals surface area contributed by atoms with Crippen LogP contribution in [0.5, 0.6) is 0 Å². The molecule has 0 fully saturated rings. The normalized spacial score (nSPS) is 12.0. The Morgan fingerprint density at radius 2 is 2.10 bits per heavy atom. The lowest BCUT2D eigenvalue weighted by Gasteiger charge is -2.18. The summed E-state index contributed by atoms with van der Waals surface area (Å²) in [7, 11) is 1.66. The smallest absolute Gasteiger partial charge is 0.255 e. The van der Waals surface area contributed by atoms with Crippen LogP contribution in [0.1, 0.15) is 56.3 Å². The van der Waals surface area contributed by atoms with E-state index in [2.05, 4.69) is 29.5 Å². The van der Waals surface area contributed by atoms with E-state index in [0.717, 1.165) is 38.3 Å². The van der Waals surface area contributed by atoms with Crippen molar-refractivity contribution in [2.24, 2.45) is 0 Å². The summed E-state index contributed by atoms with van der Waals surface area (Å²) in [5, 5.41) is 5.80. The zero-order valence-electron chi connectivity index (χ0n) is 12.5. The van der Waals surface area contributed by atoms with Gasteiger partial charge in [-0.1, -0.05) is 33.1 Å². The maximum Gasteiger partial charge on any atom is 0.255 e. The van der Waals surface area contributed by atoms with Gasteiger partial charge in [-0.2, -0.15) is 0 Å². The van der Waals surface area contributed by atoms with Crippen molar-refractivity contribution in [1.82, 2.24) is 10.3 Å². The van der Waals surface area contributed by atoms with E-state index in [9.17, 15) is 9.18 Å². The van der Waals surface area contributed by atoms with Crippen molar-refractivity contribution in [2.45, 2.75) is 52.0 Å². The fourth-order valence-corrected chi connectivity index (χ4v) is 2.16. The van der Waals surface area contributed by atoms with Gasteiger partial charge in [0.2, 0.25) is 0 Å². The number of amides is 1. The van der Waals surface area contributed by atoms with Gasteiger partial charge in [0.05, 0.1) is 11.8 Å². The third kappa shape index (κ3) is 4.79. The fourth-order valence-electron chi connectivity index (χ4n) is 2.16. The van der Waals surface area contributed by atoms with Gasteiger partial charge >= 0.3 is 0 Å². The number of pyridine rings is 1. The highest BCUT2D eigenvalue weighted by Gasteiger charge is 2.17. The number of aromatic nitrogens is 1. The molecule has 0 aliphatic carbocycles. The van der Waals surface area contributed by atoms with Gasteiger partial charge in [-0.15, -0.1) is 0 Å². The number of halogens is 1. The first-order valence-electron chi connectivity index (χ1n) is 7.26. The molecule has 20 heavy (non-hydrogen) atoms. The van der Waals surface area contributed by atoms with Crippen LogP contribution in [-0.2, 0) is 0 Å². The molecule has 0 saturated heterocycles. The van der Waals surface area contributed by atoms with E-state index >= 15 is 0 Å². The molecule has 112 valence electrons. The van der Waals surface area contributed by atoms with Crippen LogP contribution in [0.15, 0.2) is 12.3 Å². The van der Waals surface area contributed by atoms with Crippen LogP contribution in [0.4, 0.5) is 10.2 Å². The predicted molar refractivity (Wildman–Crippen MR) is 79.4 cm³/mol. The summed E-state index contributed by atoms with van der Waals surface area (Å²) in [6.45, 7) is 4.22. The average molecular weight is 281 g/mol. The van der Waals surface area contributed by atoms with Crippen LogP contribution < -0.4 is 10.6 Å². The lowest BCUT2D eigenvalue weighted by molar-refractivity contribution is 0.0932. The van der Waals surface area contributed by atoms with Crippen molar-refractivity contribution in [3.8, 4) is 0 Å². The number of rotatable bonds is 8. The fraction of sp³-hybridized carbons (Fsp3) is 0.600. The second-order valence-electron chi connectivity index (χ2n) is 4.90. The van der Waals surface area contributed by atoms with Crippen molar-refractivity contribution in [1.29, 1.82) is 0 Å². The Morgan fingerprint density at radius 1 is 1.35 bits per heavy atom. The molecule has 1 heterocycles. The SMILES string of the molecule is CCCCC(CCC)NC(=O)c1cc(F)cnc1NC. The first kappa shape index (κ1) is 16.4. The van der Waals surface area contributed by atoms with Crippen molar-refractivity contribution in [3.05, 3.63) is 23.6 Å². The molecular weight excluding hydrogens is 257 g/mol. The molecule has 1 aromatic rings. The Morgan fingerprint density at radius 3 is 2.70 bits per heavy atom. The minimum Gasteiger partial charge on any atom is -0.372 e. The summed E-state index contributed by atoms with van der Waals surface area (Å²) in [4.78, 5) is 16.2. The maximum atomic E-state index is 13.3. The molecular formula is C15H24FN3O. The predicted octanol–water partition coefficient (Wildman–Crippen LogP) is 3.35. The van der Waals surface area contributed by atoms with E-state index < -0.39 is 5.82 Å². The molecule has 0 aliphatic heterocycles. The maximum absolute atomic E-state index is 13.3. The molecule has 4 nitrogen and oxygen atoms in total. The van der Waals surface area contributed by atoms with E-state index in [1.54, 1.807) is 7.05 Å². The molecule has 1 aromatic heterocycles. The average Bonchev–Trinajstić information content (AvgIpc) is 2.44. The van der Waals surface area contributed by atoms with Gasteiger partial charge in [0.1, 0.15) is 11.6 Å². The van der Waals surface area contributed by atoms with Crippen LogP contribution in [0.3, 0.4) is 0 Å². The first-order chi connectivity index (χ1) is 9.62. The topological polar surface area (TPSA) is 54.0 Å². The number of unbranched alkanes of at least 4 members (excludes halogenated alkanes) is 1. The molecule has 0 aromatic carbocycles. The van der Waals surface area contributed by atoms with Crippen LogP contribution in [0.2, 0.25) is 0 Å². The van der Waals surface area contributed by atoms with Crippen molar-refractivity contribution >= 4 is 11.7 Å². The molecule has 1 rings (SSSR count). The van der Waals surface area contributed by atoms with Gasteiger partial charge < -0.3 is 10.6 Å². The number of hydrogen-bond donors (Lipinski definition) is 2. The number of nitrogens with one attached hydrogen (secondary N) is 2. The zero-order valence-corrected chi connectivity index (χ0v) is 12.5. The van der Waals surface area contributed by atoms with Crippen LogP contribution in [0.25, 0.3) is 0 Å². The molecule has 0 bridgehead atoms. The van der Waals surface area contributed by atoms with Gasteiger partial charge in [-0.25, -0.2) is 9.37 Å². The van der Waals surface area contributed by atoms with Gasteiger partial charge in [0.25, 0.3) is 5.91 Å². The van der Waals surface area contributed by atoms with Gasteiger partial charge in [0, 0.05) is 13.1 Å². The molecule has 1 atom stereocenters. The minimum atomic E-state index is -0.505. The molecule has 0 saturated carbocycles. The number of anilines is 1. The van der Waals surface area contributed by atoms with Crippen molar-refractivity contribution in [3.63, 3.8) is 0 Å². The third-order valence-electron chi connectivity index (χ3n) is 3.21. The number of nitrogens with zero attached hydrogens (tertiary/aromatic N) is 1. The van der Waals surface area contributed by atoms with Crippen LogP contribution in [-0.4, -0.2) is 24.0 Å². The van der Waals surface area contributed by atoms with Crippen molar-refractivity contribution in [2.75, 3.05) is 12.4 Å². The Labute approximate surface area is 120 Å². The molecule has 2 N–H and O–H groups in total. The molecule has 1 unspecified atom stereocenters. The monoisotopic (exact) mass is 281 g/mol. The van der Waals surface area contributed by atoms with E-state index in [1.165, 1.54) is 6.07 Å². The Bertz CT molecular complexity index is 437. The molecule has 0 radical (unpaired) electrons. The molecule has 0 aliphatic rings. The second kappa shape index (κ2) is 8.51. The summed E-state index contributed by atoms with van der Waals surface area (Å²) in [5.41, 5.74) is 0.255. The molecule has 1 amide bonds. The summed E-state index contributed by atoms with van der Waals surface area (Å²) in [5.74, 6) is -0.375. The molecule has 5 heteroatoms. The summed E-state index contributed by atoms with van der Waals surface area (Å²) < 4.78 is 13.3. The Balaban J connectivity index is 2.79. The number of carbonyl (C=O) groups excluding carboxylic acids is 1. The molecule has 0 spiro atoms. The second-order valence-corrected chi connectivity index (χ2v) is 4.90. The van der Waals surface area contributed by atoms with Gasteiger partial charge in [-0.05, 0) is 18.9 Å². The van der Waals surface area contributed by atoms with Crippen LogP contribution in [0, 0.1) is 5.82 Å². The number of carbonyl (C=O) groups is 1. The highest BCUT2D eigenvalue weighted by atomic mass is 19.1. The van der Waals surface area contributed by atoms with Gasteiger partial charge in [0.15, 0.2) is 0 Å². The third-order valence-corrected chi connectivity index (χ3v) is 3.21. The quantitative estimate of drug-likeness (QED) is 0.768. The van der Waals surface area contributed by atoms with Crippen molar-refractivity contribution < 1.29 is 9.18 Å². The lowest BCUT2D eigenvalue weighted by Crippen LogP contribution is -2.35. The van der Waals surface area contributed by atoms with E-state index in [-0.39, 0.29) is 17.5 Å². The largest absolute Gasteiger partial charge is 0.372 e.